The van der Waals surface area contributed by atoms with Gasteiger partial charge in [0.05, 0.1) is 0 Å². The van der Waals surface area contributed by atoms with Crippen LogP contribution in [0.25, 0.3) is 4.96 Å². The molecule has 0 aliphatic carbocycles. The first kappa shape index (κ1) is 12.5. The molecule has 2 heterocycles. The molecule has 0 spiro atoms. The Hall–Kier alpha value is -0.950. The molecule has 0 saturated carbocycles. The number of aryl methyl sites for hydroxylation is 1. The molecular weight excluding hydrogens is 263 g/mol. The predicted octanol–water partition coefficient (Wildman–Crippen LogP) is -0.193. The van der Waals surface area contributed by atoms with Crippen LogP contribution in [0.3, 0.4) is 0 Å². The van der Waals surface area contributed by atoms with Crippen molar-refractivity contribution in [1.82, 2.24) is 9.61 Å². The molecular formula is C8H14N4O3PS+. The second kappa shape index (κ2) is 4.38. The van der Waals surface area contributed by atoms with Gasteiger partial charge in [-0.15, -0.1) is 4.68 Å². The van der Waals surface area contributed by atoms with Crippen LogP contribution in [0.2, 0.25) is 0 Å². The molecule has 0 fully saturated rings. The molecule has 3 N–H and O–H groups in total. The van der Waals surface area contributed by atoms with E-state index in [-0.39, 0.29) is 5.44 Å². The van der Waals surface area contributed by atoms with Gasteiger partial charge in [-0.2, -0.15) is 0 Å². The molecule has 0 aromatic carbocycles. The fourth-order valence-electron chi connectivity index (χ4n) is 1.50. The highest BCUT2D eigenvalue weighted by Gasteiger charge is 2.34. The van der Waals surface area contributed by atoms with Crippen LogP contribution in [0, 0.1) is 0 Å². The van der Waals surface area contributed by atoms with Crippen LogP contribution in [0.1, 0.15) is 19.2 Å². The van der Waals surface area contributed by atoms with E-state index >= 15 is 0 Å². The van der Waals surface area contributed by atoms with E-state index in [0.29, 0.717) is 17.2 Å². The van der Waals surface area contributed by atoms with Gasteiger partial charge >= 0.3 is 18.4 Å². The molecule has 1 atom stereocenters. The van der Waals surface area contributed by atoms with Crippen LogP contribution >= 0.6 is 18.9 Å². The van der Waals surface area contributed by atoms with E-state index in [9.17, 15) is 9.46 Å². The number of hydrogen-bond acceptors (Lipinski definition) is 5. The summed E-state index contributed by atoms with van der Waals surface area (Å²) in [7, 11) is -2.62. The van der Waals surface area contributed by atoms with Crippen LogP contribution in [-0.4, -0.2) is 21.6 Å². The number of aromatic nitrogens is 3. The van der Waals surface area contributed by atoms with Crippen molar-refractivity contribution in [2.24, 2.45) is 0 Å². The zero-order valence-corrected chi connectivity index (χ0v) is 11.2. The maximum atomic E-state index is 11.8. The third kappa shape index (κ3) is 1.97. The van der Waals surface area contributed by atoms with E-state index in [2.05, 4.69) is 9.62 Å². The first-order valence-corrected chi connectivity index (χ1v) is 7.52. The van der Waals surface area contributed by atoms with Gasteiger partial charge in [-0.05, 0) is 6.42 Å². The van der Waals surface area contributed by atoms with Gasteiger partial charge in [0, 0.05) is 24.0 Å². The van der Waals surface area contributed by atoms with E-state index in [1.165, 1.54) is 33.0 Å². The highest BCUT2D eigenvalue weighted by atomic mass is 32.1. The van der Waals surface area contributed by atoms with Crippen LogP contribution < -0.4 is 16.0 Å². The maximum Gasteiger partial charge on any atom is 0.394 e. The van der Waals surface area contributed by atoms with Crippen molar-refractivity contribution in [3.8, 4) is 0 Å². The number of rotatable bonds is 4. The zero-order valence-electron chi connectivity index (χ0n) is 9.53. The first-order chi connectivity index (χ1) is 8.01. The third-order valence-electron chi connectivity index (χ3n) is 2.38. The smallest absolute Gasteiger partial charge is 0.319 e. The Morgan fingerprint density at radius 1 is 1.76 bits per heavy atom. The van der Waals surface area contributed by atoms with E-state index in [1.807, 2.05) is 6.92 Å². The molecule has 0 aliphatic heterocycles. The summed E-state index contributed by atoms with van der Waals surface area (Å²) < 4.78 is 19.2. The lowest BCUT2D eigenvalue weighted by Crippen LogP contribution is -2.46. The number of thiazole rings is 1. The van der Waals surface area contributed by atoms with Crippen molar-refractivity contribution >= 4 is 29.3 Å². The summed E-state index contributed by atoms with van der Waals surface area (Å²) in [5.74, 6) is 6.53. The number of fused-ring (bicyclic) bond motifs is 1. The Morgan fingerprint density at radius 2 is 2.47 bits per heavy atom. The monoisotopic (exact) mass is 277 g/mol. The molecule has 0 radical (unpaired) electrons. The first-order valence-electron chi connectivity index (χ1n) is 5.06. The summed E-state index contributed by atoms with van der Waals surface area (Å²) in [5, 5.41) is 5.76. The lowest BCUT2D eigenvalue weighted by molar-refractivity contribution is -0.618. The molecule has 1 unspecified atom stereocenters. The summed E-state index contributed by atoms with van der Waals surface area (Å²) >= 11 is 1.26. The molecule has 2 rings (SSSR count). The molecule has 7 nitrogen and oxygen atoms in total. The topological polar surface area (TPSA) is 93.7 Å². The van der Waals surface area contributed by atoms with Crippen LogP contribution in [0.5, 0.6) is 0 Å². The van der Waals surface area contributed by atoms with Crippen molar-refractivity contribution in [2.75, 3.05) is 13.0 Å². The summed E-state index contributed by atoms with van der Waals surface area (Å²) in [6.07, 6.45) is 1.62. The molecule has 0 bridgehead atoms. The molecule has 0 aliphatic rings. The van der Waals surface area contributed by atoms with Crippen LogP contribution in [0.4, 0.5) is 0 Å². The second-order valence-corrected chi connectivity index (χ2v) is 6.23. The van der Waals surface area contributed by atoms with Crippen molar-refractivity contribution in [1.29, 1.82) is 0 Å². The number of nitrogen functional groups attached to an aromatic ring is 1. The molecule has 94 valence electrons. The SMILES string of the molecule is CCCc1nn2c(P(=O)(O)OC)csc2[n+]1N. The molecule has 0 saturated heterocycles. The van der Waals surface area contributed by atoms with E-state index in [0.717, 1.165) is 6.42 Å². The van der Waals surface area contributed by atoms with E-state index < -0.39 is 7.60 Å². The fraction of sp³-hybridized carbons (Fsp3) is 0.500. The Bertz CT molecular complexity index is 593. The van der Waals surface area contributed by atoms with E-state index in [4.69, 9.17) is 5.84 Å². The van der Waals surface area contributed by atoms with Crippen molar-refractivity contribution in [2.45, 2.75) is 19.8 Å². The normalized spacial score (nSPS) is 15.2. The highest BCUT2D eigenvalue weighted by molar-refractivity contribution is 7.61. The van der Waals surface area contributed by atoms with Gasteiger partial charge in [0.2, 0.25) is 5.44 Å². The minimum atomic E-state index is -3.81. The lowest BCUT2D eigenvalue weighted by atomic mass is 10.3. The van der Waals surface area contributed by atoms with Gasteiger partial charge in [-0.25, -0.2) is 0 Å². The van der Waals surface area contributed by atoms with E-state index in [1.54, 1.807) is 0 Å². The van der Waals surface area contributed by atoms with Gasteiger partial charge in [0.1, 0.15) is 0 Å². The standard InChI is InChI=1S/C8H13N4O3PS/c1-3-4-6-10-12-7(16(13,14)15-2)5-17-8(12)11(6)9/h5H,3-4,9H2,1-2H3/p+1. The van der Waals surface area contributed by atoms with Crippen LogP contribution in [0.15, 0.2) is 5.38 Å². The van der Waals surface area contributed by atoms with Crippen molar-refractivity contribution in [3.05, 3.63) is 11.2 Å². The van der Waals surface area contributed by atoms with Gasteiger partial charge in [-0.1, -0.05) is 22.8 Å². The zero-order chi connectivity index (χ0) is 12.6. The Labute approximate surface area is 102 Å². The maximum absolute atomic E-state index is 11.8. The average Bonchev–Trinajstić information content (AvgIpc) is 2.82. The molecule has 2 aromatic rings. The summed E-state index contributed by atoms with van der Waals surface area (Å²) in [4.78, 5) is 10.2. The Morgan fingerprint density at radius 3 is 3.06 bits per heavy atom. The molecule has 17 heavy (non-hydrogen) atoms. The van der Waals surface area contributed by atoms with Gasteiger partial charge in [-0.3, -0.25) is 10.4 Å². The quantitative estimate of drug-likeness (QED) is 0.459. The summed E-state index contributed by atoms with van der Waals surface area (Å²) in [6.45, 7) is 2.01. The van der Waals surface area contributed by atoms with Gasteiger partial charge in [0.15, 0.2) is 0 Å². The number of hydrogen-bond donors (Lipinski definition) is 2. The molecule has 2 aromatic heterocycles. The van der Waals surface area contributed by atoms with Gasteiger partial charge in [0.25, 0.3) is 0 Å². The van der Waals surface area contributed by atoms with Gasteiger partial charge < -0.3 is 9.42 Å². The molecule has 0 amide bonds. The van der Waals surface area contributed by atoms with Crippen molar-refractivity contribution in [3.63, 3.8) is 0 Å². The Kier molecular flexibility index (Phi) is 3.22. The second-order valence-electron chi connectivity index (χ2n) is 3.53. The summed E-state index contributed by atoms with van der Waals surface area (Å²) in [5.41, 5.74) is 0.140. The fourth-order valence-corrected chi connectivity index (χ4v) is 3.60. The minimum absolute atomic E-state index is 0.140. The van der Waals surface area contributed by atoms with Crippen molar-refractivity contribution < 1.29 is 18.7 Å². The van der Waals surface area contributed by atoms with Crippen LogP contribution in [-0.2, 0) is 15.5 Å². The minimum Gasteiger partial charge on any atom is -0.319 e. The lowest BCUT2D eigenvalue weighted by Gasteiger charge is -2.01. The Balaban J connectivity index is 2.61. The third-order valence-corrected chi connectivity index (χ3v) is 4.87. The largest absolute Gasteiger partial charge is 0.394 e. The summed E-state index contributed by atoms with van der Waals surface area (Å²) in [6, 6.07) is 0. The molecule has 9 heteroatoms. The predicted molar refractivity (Wildman–Crippen MR) is 63.9 cm³/mol. The number of nitrogens with two attached hydrogens (primary N) is 1. The number of nitrogens with zero attached hydrogens (tertiary/aromatic N) is 3. The average molecular weight is 277 g/mol. The highest BCUT2D eigenvalue weighted by Crippen LogP contribution is 2.40.